The number of hydrogen-bond donors (Lipinski definition) is 1. The largest absolute Gasteiger partial charge is 0.318 e. The van der Waals surface area contributed by atoms with E-state index in [1.165, 1.54) is 30.5 Å². The quantitative estimate of drug-likeness (QED) is 0.850. The number of aromatic nitrogens is 1. The first kappa shape index (κ1) is 12.4. The standard InChI is InChI=1S/C12H7ClF2N2O/c13-8-4-1-5-9(14)10(8)17-12(18)7-3-2-6-16-11(7)15/h1-6H,(H,17,18). The number of carbonyl (C=O) groups excluding carboxylic acids is 1. The van der Waals surface area contributed by atoms with Crippen molar-refractivity contribution in [2.45, 2.75) is 0 Å². The molecule has 0 unspecified atom stereocenters. The molecule has 92 valence electrons. The fourth-order valence-electron chi connectivity index (χ4n) is 1.35. The van der Waals surface area contributed by atoms with Crippen molar-refractivity contribution in [2.24, 2.45) is 0 Å². The highest BCUT2D eigenvalue weighted by Gasteiger charge is 2.15. The van der Waals surface area contributed by atoms with Gasteiger partial charge in [0.15, 0.2) is 0 Å². The zero-order valence-corrected chi connectivity index (χ0v) is 9.71. The summed E-state index contributed by atoms with van der Waals surface area (Å²) in [6.45, 7) is 0. The summed E-state index contributed by atoms with van der Waals surface area (Å²) in [5.74, 6) is -2.43. The normalized spacial score (nSPS) is 10.2. The van der Waals surface area contributed by atoms with Crippen LogP contribution in [0.1, 0.15) is 10.4 Å². The van der Waals surface area contributed by atoms with Crippen molar-refractivity contribution in [3.05, 3.63) is 58.9 Å². The maximum Gasteiger partial charge on any atom is 0.260 e. The van der Waals surface area contributed by atoms with Crippen LogP contribution in [-0.4, -0.2) is 10.9 Å². The van der Waals surface area contributed by atoms with Crippen LogP contribution in [0.2, 0.25) is 5.02 Å². The van der Waals surface area contributed by atoms with Gasteiger partial charge in [0.05, 0.1) is 16.3 Å². The third kappa shape index (κ3) is 2.46. The third-order valence-electron chi connectivity index (χ3n) is 2.21. The lowest BCUT2D eigenvalue weighted by atomic mass is 10.2. The molecule has 2 aromatic rings. The number of carbonyl (C=O) groups is 1. The summed E-state index contributed by atoms with van der Waals surface area (Å²) >= 11 is 5.74. The van der Waals surface area contributed by atoms with E-state index in [0.29, 0.717) is 0 Å². The van der Waals surface area contributed by atoms with Gasteiger partial charge in [0, 0.05) is 6.20 Å². The van der Waals surface area contributed by atoms with Crippen LogP contribution in [0.3, 0.4) is 0 Å². The number of nitrogens with one attached hydrogen (secondary N) is 1. The predicted octanol–water partition coefficient (Wildman–Crippen LogP) is 3.27. The van der Waals surface area contributed by atoms with E-state index in [-0.39, 0.29) is 16.3 Å². The molecule has 1 N–H and O–H groups in total. The van der Waals surface area contributed by atoms with Gasteiger partial charge in [-0.05, 0) is 24.3 Å². The number of amides is 1. The zero-order valence-electron chi connectivity index (χ0n) is 8.95. The van der Waals surface area contributed by atoms with Gasteiger partial charge in [0.2, 0.25) is 5.95 Å². The maximum absolute atomic E-state index is 13.4. The van der Waals surface area contributed by atoms with Gasteiger partial charge in [-0.15, -0.1) is 0 Å². The van der Waals surface area contributed by atoms with E-state index in [2.05, 4.69) is 10.3 Å². The van der Waals surface area contributed by atoms with Crippen LogP contribution >= 0.6 is 11.6 Å². The van der Waals surface area contributed by atoms with Gasteiger partial charge >= 0.3 is 0 Å². The molecule has 1 aromatic carbocycles. The van der Waals surface area contributed by atoms with E-state index in [9.17, 15) is 13.6 Å². The van der Waals surface area contributed by atoms with E-state index < -0.39 is 17.7 Å². The summed E-state index contributed by atoms with van der Waals surface area (Å²) in [4.78, 5) is 15.1. The van der Waals surface area contributed by atoms with E-state index in [4.69, 9.17) is 11.6 Å². The lowest BCUT2D eigenvalue weighted by Crippen LogP contribution is -2.15. The molecule has 0 aliphatic rings. The second-order valence-electron chi connectivity index (χ2n) is 3.39. The molecule has 18 heavy (non-hydrogen) atoms. The monoisotopic (exact) mass is 268 g/mol. The summed E-state index contributed by atoms with van der Waals surface area (Å²) in [6.07, 6.45) is 1.21. The average molecular weight is 269 g/mol. The Morgan fingerprint density at radius 3 is 2.67 bits per heavy atom. The van der Waals surface area contributed by atoms with Gasteiger partial charge in [0.25, 0.3) is 5.91 Å². The van der Waals surface area contributed by atoms with Crippen LogP contribution in [-0.2, 0) is 0 Å². The first-order chi connectivity index (χ1) is 8.59. The molecule has 0 fully saturated rings. The molecule has 0 spiro atoms. The summed E-state index contributed by atoms with van der Waals surface area (Å²) in [7, 11) is 0. The van der Waals surface area contributed by atoms with Crippen LogP contribution in [0.5, 0.6) is 0 Å². The number of hydrogen-bond acceptors (Lipinski definition) is 2. The van der Waals surface area contributed by atoms with Gasteiger partial charge in [-0.2, -0.15) is 4.39 Å². The third-order valence-corrected chi connectivity index (χ3v) is 2.52. The molecular formula is C12H7ClF2N2O. The fourth-order valence-corrected chi connectivity index (χ4v) is 1.56. The van der Waals surface area contributed by atoms with Gasteiger partial charge < -0.3 is 5.32 Å². The van der Waals surface area contributed by atoms with E-state index >= 15 is 0 Å². The number of para-hydroxylation sites is 1. The number of nitrogens with zero attached hydrogens (tertiary/aromatic N) is 1. The van der Waals surface area contributed by atoms with Crippen LogP contribution in [0.4, 0.5) is 14.5 Å². The minimum Gasteiger partial charge on any atom is -0.318 e. The first-order valence-corrected chi connectivity index (χ1v) is 5.33. The summed E-state index contributed by atoms with van der Waals surface area (Å²) < 4.78 is 26.7. The molecule has 6 heteroatoms. The Morgan fingerprint density at radius 2 is 2.00 bits per heavy atom. The molecule has 0 bridgehead atoms. The van der Waals surface area contributed by atoms with Crippen LogP contribution in [0, 0.1) is 11.8 Å². The van der Waals surface area contributed by atoms with Crippen LogP contribution in [0.25, 0.3) is 0 Å². The average Bonchev–Trinajstić information content (AvgIpc) is 2.34. The Morgan fingerprint density at radius 1 is 1.22 bits per heavy atom. The molecule has 0 radical (unpaired) electrons. The van der Waals surface area contributed by atoms with Gasteiger partial charge in [-0.3, -0.25) is 4.79 Å². The van der Waals surface area contributed by atoms with Gasteiger partial charge in [0.1, 0.15) is 5.82 Å². The molecule has 1 heterocycles. The molecule has 0 aliphatic carbocycles. The molecule has 2 rings (SSSR count). The highest BCUT2D eigenvalue weighted by molar-refractivity contribution is 6.33. The molecule has 0 atom stereocenters. The van der Waals surface area contributed by atoms with E-state index in [1.807, 2.05) is 0 Å². The van der Waals surface area contributed by atoms with Crippen molar-refractivity contribution in [1.29, 1.82) is 0 Å². The maximum atomic E-state index is 13.4. The number of benzene rings is 1. The summed E-state index contributed by atoms with van der Waals surface area (Å²) in [6, 6.07) is 6.60. The van der Waals surface area contributed by atoms with Crippen molar-refractivity contribution >= 4 is 23.2 Å². The van der Waals surface area contributed by atoms with Crippen molar-refractivity contribution < 1.29 is 13.6 Å². The molecule has 0 saturated carbocycles. The fraction of sp³-hybridized carbons (Fsp3) is 0. The van der Waals surface area contributed by atoms with Crippen LogP contribution < -0.4 is 5.32 Å². The predicted molar refractivity (Wildman–Crippen MR) is 63.6 cm³/mol. The number of halogens is 3. The molecule has 1 aromatic heterocycles. The number of pyridine rings is 1. The van der Waals surface area contributed by atoms with Crippen molar-refractivity contribution in [2.75, 3.05) is 5.32 Å². The highest BCUT2D eigenvalue weighted by atomic mass is 35.5. The number of rotatable bonds is 2. The smallest absolute Gasteiger partial charge is 0.260 e. The highest BCUT2D eigenvalue weighted by Crippen LogP contribution is 2.25. The Hall–Kier alpha value is -2.01. The van der Waals surface area contributed by atoms with Crippen LogP contribution in [0.15, 0.2) is 36.5 Å². The molecule has 0 aliphatic heterocycles. The minimum absolute atomic E-state index is 0.0349. The van der Waals surface area contributed by atoms with Crippen molar-refractivity contribution in [3.8, 4) is 0 Å². The van der Waals surface area contributed by atoms with Gasteiger partial charge in [-0.1, -0.05) is 17.7 Å². The van der Waals surface area contributed by atoms with E-state index in [1.54, 1.807) is 0 Å². The lowest BCUT2D eigenvalue weighted by Gasteiger charge is -2.08. The topological polar surface area (TPSA) is 42.0 Å². The van der Waals surface area contributed by atoms with Crippen molar-refractivity contribution in [1.82, 2.24) is 4.98 Å². The zero-order chi connectivity index (χ0) is 13.1. The molecule has 1 amide bonds. The Bertz CT molecular complexity index is 584. The summed E-state index contributed by atoms with van der Waals surface area (Å²) in [5.41, 5.74) is -0.468. The summed E-state index contributed by atoms with van der Waals surface area (Å²) in [5, 5.41) is 2.24. The lowest BCUT2D eigenvalue weighted by molar-refractivity contribution is 0.102. The molecule has 3 nitrogen and oxygen atoms in total. The van der Waals surface area contributed by atoms with E-state index in [0.717, 1.165) is 6.07 Å². The SMILES string of the molecule is O=C(Nc1c(F)cccc1Cl)c1cccnc1F. The second-order valence-corrected chi connectivity index (χ2v) is 3.80. The van der Waals surface area contributed by atoms with Crippen molar-refractivity contribution in [3.63, 3.8) is 0 Å². The first-order valence-electron chi connectivity index (χ1n) is 4.95. The molecule has 0 saturated heterocycles. The Labute approximate surface area is 106 Å². The number of anilines is 1. The Balaban J connectivity index is 2.30. The Kier molecular flexibility index (Phi) is 3.53. The second kappa shape index (κ2) is 5.10. The minimum atomic E-state index is -0.928. The van der Waals surface area contributed by atoms with Gasteiger partial charge in [-0.25, -0.2) is 9.37 Å². The molecular weight excluding hydrogens is 262 g/mol.